The van der Waals surface area contributed by atoms with Crippen LogP contribution in [-0.2, 0) is 12.6 Å². The van der Waals surface area contributed by atoms with Crippen molar-refractivity contribution < 1.29 is 4.79 Å². The first-order chi connectivity index (χ1) is 17.9. The Morgan fingerprint density at radius 1 is 1.22 bits per heavy atom. The zero-order valence-electron chi connectivity index (χ0n) is 19.4. The van der Waals surface area contributed by atoms with Crippen molar-refractivity contribution in [2.45, 2.75) is 18.4 Å². The molecule has 6 rings (SSSR count). The lowest BCUT2D eigenvalue weighted by molar-refractivity contribution is 0.0925. The van der Waals surface area contributed by atoms with Crippen LogP contribution in [0.25, 0.3) is 32.9 Å². The number of nitrogens with zero attached hydrogens (tertiary/aromatic N) is 7. The SMILES string of the molecule is Cn1ccc(-c2nc(N)c(C(=O)NC3(c4cccc(C#N)n4)CC3)nc2-c2cc(Cl)c3ncsc3c2)n1. The van der Waals surface area contributed by atoms with Crippen LogP contribution in [-0.4, -0.2) is 35.6 Å². The van der Waals surface area contributed by atoms with E-state index in [2.05, 4.69) is 25.4 Å². The first-order valence-electron chi connectivity index (χ1n) is 11.3. The van der Waals surface area contributed by atoms with Crippen LogP contribution < -0.4 is 11.1 Å². The Labute approximate surface area is 219 Å². The number of benzene rings is 1. The van der Waals surface area contributed by atoms with Gasteiger partial charge in [0.2, 0.25) is 0 Å². The number of nitrogens with two attached hydrogens (primary N) is 1. The molecule has 0 bridgehead atoms. The third kappa shape index (κ3) is 4.06. The van der Waals surface area contributed by atoms with Crippen LogP contribution in [0.15, 0.2) is 48.1 Å². The molecule has 0 unspecified atom stereocenters. The van der Waals surface area contributed by atoms with E-state index in [1.807, 2.05) is 12.1 Å². The lowest BCUT2D eigenvalue weighted by atomic mass is 10.1. The number of nitriles is 1. The lowest BCUT2D eigenvalue weighted by Gasteiger charge is -2.18. The van der Waals surface area contributed by atoms with Gasteiger partial charge in [-0.2, -0.15) is 10.4 Å². The molecule has 1 fully saturated rings. The molecule has 0 atom stereocenters. The van der Waals surface area contributed by atoms with Gasteiger partial charge in [0.1, 0.15) is 23.2 Å². The van der Waals surface area contributed by atoms with E-state index in [1.54, 1.807) is 53.8 Å². The molecule has 3 N–H and O–H groups in total. The maximum atomic E-state index is 13.5. The van der Waals surface area contributed by atoms with Gasteiger partial charge in [0.05, 0.1) is 37.7 Å². The molecule has 5 aromatic rings. The molecule has 0 spiro atoms. The summed E-state index contributed by atoms with van der Waals surface area (Å²) in [5, 5.41) is 17.2. The first kappa shape index (κ1) is 23.0. The number of carbonyl (C=O) groups excluding carboxylic acids is 1. The number of pyridine rings is 1. The molecule has 1 amide bonds. The Hall–Kier alpha value is -4.40. The molecule has 12 heteroatoms. The first-order valence-corrected chi connectivity index (χ1v) is 12.5. The number of thiazole rings is 1. The minimum atomic E-state index is -0.678. The number of hydrogen-bond acceptors (Lipinski definition) is 9. The monoisotopic (exact) mass is 527 g/mol. The Morgan fingerprint density at radius 3 is 2.78 bits per heavy atom. The Balaban J connectivity index is 1.45. The summed E-state index contributed by atoms with van der Waals surface area (Å²) in [6, 6.07) is 12.7. The van der Waals surface area contributed by atoms with Crippen LogP contribution in [0.4, 0.5) is 5.82 Å². The normalized spacial score (nSPS) is 13.9. The molecule has 182 valence electrons. The van der Waals surface area contributed by atoms with Gasteiger partial charge in [-0.1, -0.05) is 17.7 Å². The molecule has 4 heterocycles. The smallest absolute Gasteiger partial charge is 0.274 e. The third-order valence-corrected chi connectivity index (χ3v) is 7.28. The van der Waals surface area contributed by atoms with Gasteiger partial charge >= 0.3 is 0 Å². The van der Waals surface area contributed by atoms with Crippen LogP contribution in [0.2, 0.25) is 5.02 Å². The fourth-order valence-electron chi connectivity index (χ4n) is 4.21. The molecule has 1 aromatic carbocycles. The number of hydrogen-bond donors (Lipinski definition) is 2. The fourth-order valence-corrected chi connectivity index (χ4v) is 5.27. The largest absolute Gasteiger partial charge is 0.382 e. The predicted molar refractivity (Wildman–Crippen MR) is 140 cm³/mol. The number of nitrogen functional groups attached to an aromatic ring is 1. The number of nitrogens with one attached hydrogen (secondary N) is 1. The summed E-state index contributed by atoms with van der Waals surface area (Å²) in [5.74, 6) is -0.508. The van der Waals surface area contributed by atoms with Gasteiger partial charge in [0.25, 0.3) is 5.91 Å². The van der Waals surface area contributed by atoms with Crippen molar-refractivity contribution in [1.82, 2.24) is 35.0 Å². The Bertz CT molecular complexity index is 1750. The molecule has 0 radical (unpaired) electrons. The van der Waals surface area contributed by atoms with Crippen molar-refractivity contribution in [3.63, 3.8) is 0 Å². The lowest BCUT2D eigenvalue weighted by Crippen LogP contribution is -2.36. The maximum Gasteiger partial charge on any atom is 0.274 e. The van der Waals surface area contributed by atoms with Crippen LogP contribution in [0.1, 0.15) is 34.7 Å². The van der Waals surface area contributed by atoms with Gasteiger partial charge in [-0.3, -0.25) is 9.48 Å². The van der Waals surface area contributed by atoms with Crippen LogP contribution in [0.3, 0.4) is 0 Å². The molecule has 10 nitrogen and oxygen atoms in total. The summed E-state index contributed by atoms with van der Waals surface area (Å²) in [4.78, 5) is 31.4. The molecule has 4 aromatic heterocycles. The van der Waals surface area contributed by atoms with E-state index >= 15 is 0 Å². The summed E-state index contributed by atoms with van der Waals surface area (Å²) in [5.41, 5.74) is 11.0. The summed E-state index contributed by atoms with van der Waals surface area (Å²) >= 11 is 7.97. The van der Waals surface area contributed by atoms with Crippen molar-refractivity contribution in [3.05, 3.63) is 70.2 Å². The second-order valence-electron chi connectivity index (χ2n) is 8.74. The molecule has 0 saturated heterocycles. The zero-order chi connectivity index (χ0) is 25.7. The molecule has 1 aliphatic rings. The highest BCUT2D eigenvalue weighted by molar-refractivity contribution is 7.16. The molecule has 37 heavy (non-hydrogen) atoms. The summed E-state index contributed by atoms with van der Waals surface area (Å²) in [6.07, 6.45) is 3.16. The highest BCUT2D eigenvalue weighted by Crippen LogP contribution is 2.45. The highest BCUT2D eigenvalue weighted by atomic mass is 35.5. The molecular formula is C25H18ClN9OS. The van der Waals surface area contributed by atoms with Gasteiger partial charge in [-0.15, -0.1) is 11.3 Å². The van der Waals surface area contributed by atoms with Crippen molar-refractivity contribution in [1.29, 1.82) is 5.26 Å². The van der Waals surface area contributed by atoms with Crippen LogP contribution in [0.5, 0.6) is 0 Å². The van der Waals surface area contributed by atoms with Crippen LogP contribution in [0, 0.1) is 11.3 Å². The quantitative estimate of drug-likeness (QED) is 0.347. The van der Waals surface area contributed by atoms with Crippen molar-refractivity contribution in [2.75, 3.05) is 5.73 Å². The van der Waals surface area contributed by atoms with E-state index in [0.29, 0.717) is 51.7 Å². The van der Waals surface area contributed by atoms with Gasteiger partial charge in [0.15, 0.2) is 11.5 Å². The molecular weight excluding hydrogens is 510 g/mol. The van der Waals surface area contributed by atoms with Gasteiger partial charge < -0.3 is 11.1 Å². The predicted octanol–water partition coefficient (Wildman–Crippen LogP) is 4.08. The van der Waals surface area contributed by atoms with Crippen molar-refractivity contribution in [3.8, 4) is 28.7 Å². The number of fused-ring (bicyclic) bond motifs is 1. The number of halogens is 1. The summed E-state index contributed by atoms with van der Waals surface area (Å²) in [7, 11) is 1.80. The number of aryl methyl sites for hydroxylation is 1. The highest BCUT2D eigenvalue weighted by Gasteiger charge is 2.47. The third-order valence-electron chi connectivity index (χ3n) is 6.21. The molecule has 1 aliphatic carbocycles. The Morgan fingerprint density at radius 2 is 2.05 bits per heavy atom. The van der Waals surface area contributed by atoms with Gasteiger partial charge in [0, 0.05) is 18.8 Å². The van der Waals surface area contributed by atoms with Gasteiger partial charge in [-0.05, 0) is 43.2 Å². The Kier molecular flexibility index (Phi) is 5.36. The standard InChI is InChI=1S/C25H18ClN9OS/c1-35-8-5-16(34-35)21-19(13-9-15(26)20-17(10-13)37-12-29-20)31-22(23(28)32-21)24(36)33-25(6-7-25)18-4-2-3-14(11-27)30-18/h2-5,8-10,12H,6-7H2,1H3,(H2,28,32)(H,33,36). The topological polar surface area (TPSA) is 148 Å². The second-order valence-corrected chi connectivity index (χ2v) is 10.0. The maximum absolute atomic E-state index is 13.5. The zero-order valence-corrected chi connectivity index (χ0v) is 21.0. The van der Waals surface area contributed by atoms with Crippen molar-refractivity contribution in [2.24, 2.45) is 7.05 Å². The fraction of sp³-hybridized carbons (Fsp3) is 0.160. The van der Waals surface area contributed by atoms with E-state index in [1.165, 1.54) is 11.3 Å². The molecule has 0 aliphatic heterocycles. The number of aromatic nitrogens is 6. The summed E-state index contributed by atoms with van der Waals surface area (Å²) in [6.45, 7) is 0. The van der Waals surface area contributed by atoms with E-state index in [9.17, 15) is 10.1 Å². The number of carbonyl (C=O) groups is 1. The minimum Gasteiger partial charge on any atom is -0.382 e. The van der Waals surface area contributed by atoms with E-state index in [0.717, 1.165) is 4.70 Å². The van der Waals surface area contributed by atoms with Crippen LogP contribution >= 0.6 is 22.9 Å². The number of rotatable bonds is 5. The van der Waals surface area contributed by atoms with Gasteiger partial charge in [-0.25, -0.2) is 19.9 Å². The van der Waals surface area contributed by atoms with E-state index < -0.39 is 11.4 Å². The van der Waals surface area contributed by atoms with Crippen molar-refractivity contribution >= 4 is 44.9 Å². The van der Waals surface area contributed by atoms with E-state index in [-0.39, 0.29) is 17.2 Å². The average Bonchev–Trinajstić information content (AvgIpc) is 3.29. The number of anilines is 1. The summed E-state index contributed by atoms with van der Waals surface area (Å²) < 4.78 is 2.52. The second kappa shape index (κ2) is 8.62. The van der Waals surface area contributed by atoms with E-state index in [4.69, 9.17) is 22.3 Å². The average molecular weight is 528 g/mol. The number of amides is 1. The minimum absolute atomic E-state index is 0.0158. The molecule has 1 saturated carbocycles.